The Kier molecular flexibility index (Phi) is 9.45. The second kappa shape index (κ2) is 13.3. The van der Waals surface area contributed by atoms with Crippen LogP contribution in [0.1, 0.15) is 38.3 Å². The number of benzene rings is 2. The van der Waals surface area contributed by atoms with E-state index in [4.69, 9.17) is 23.2 Å². The number of hydrogen-bond donors (Lipinski definition) is 2. The van der Waals surface area contributed by atoms with Crippen LogP contribution < -0.4 is 21.9 Å². The molecule has 0 saturated carbocycles. The van der Waals surface area contributed by atoms with Gasteiger partial charge >= 0.3 is 11.7 Å². The molecule has 1 aromatic heterocycles. The number of rotatable bonds is 7. The third-order valence-electron chi connectivity index (χ3n) is 8.22. The van der Waals surface area contributed by atoms with Crippen molar-refractivity contribution in [1.29, 1.82) is 0 Å². The molecule has 0 radical (unpaired) electrons. The Morgan fingerprint density at radius 2 is 1.73 bits per heavy atom. The van der Waals surface area contributed by atoms with Gasteiger partial charge in [-0.1, -0.05) is 53.5 Å². The lowest BCUT2D eigenvalue weighted by atomic mass is 10.0. The number of likely N-dealkylation sites (tertiary alicyclic amines) is 1. The van der Waals surface area contributed by atoms with Crippen LogP contribution in [0.25, 0.3) is 11.1 Å². The first-order valence-electron chi connectivity index (χ1n) is 14.5. The minimum absolute atomic E-state index is 0.0239. The summed E-state index contributed by atoms with van der Waals surface area (Å²) in [4.78, 5) is 68.7. The lowest BCUT2D eigenvalue weighted by Crippen LogP contribution is -2.51. The van der Waals surface area contributed by atoms with Crippen LogP contribution in [-0.2, 0) is 22.6 Å². The van der Waals surface area contributed by atoms with Gasteiger partial charge in [0.15, 0.2) is 0 Å². The number of aromatic nitrogens is 2. The first-order chi connectivity index (χ1) is 21.0. The number of carbonyl (C=O) groups excluding carboxylic acids is 3. The molecule has 0 spiro atoms. The summed E-state index contributed by atoms with van der Waals surface area (Å²) in [5, 5.41) is 6.02. The molecule has 1 unspecified atom stereocenters. The van der Waals surface area contributed by atoms with Crippen LogP contribution in [0.2, 0.25) is 10.0 Å². The third kappa shape index (κ3) is 6.53. The highest BCUT2D eigenvalue weighted by Gasteiger charge is 2.32. The highest BCUT2D eigenvalue weighted by atomic mass is 35.5. The number of hydrogen-bond acceptors (Lipinski definition) is 5. The fraction of sp³-hybridized carbons (Fsp3) is 0.387. The lowest BCUT2D eigenvalue weighted by Gasteiger charge is -2.38. The molecular weight excluding hydrogens is 607 g/mol. The summed E-state index contributed by atoms with van der Waals surface area (Å²) >= 11 is 12.7. The van der Waals surface area contributed by atoms with Crippen molar-refractivity contribution in [3.05, 3.63) is 85.1 Å². The molecule has 3 heterocycles. The Balaban J connectivity index is 1.35. The number of urea groups is 1. The largest absolute Gasteiger partial charge is 0.354 e. The van der Waals surface area contributed by atoms with E-state index in [0.29, 0.717) is 38.0 Å². The number of anilines is 1. The number of carbonyl (C=O) groups is 3. The zero-order valence-corrected chi connectivity index (χ0v) is 26.0. The Hall–Kier alpha value is -4.09. The van der Waals surface area contributed by atoms with E-state index >= 15 is 0 Å². The predicted octanol–water partition coefficient (Wildman–Crippen LogP) is 3.76. The van der Waals surface area contributed by atoms with Gasteiger partial charge in [-0.3, -0.25) is 23.5 Å². The van der Waals surface area contributed by atoms with Gasteiger partial charge in [-0.2, -0.15) is 0 Å². The van der Waals surface area contributed by atoms with Crippen LogP contribution in [0.3, 0.4) is 0 Å². The quantitative estimate of drug-likeness (QED) is 0.407. The lowest BCUT2D eigenvalue weighted by molar-refractivity contribution is -0.133. The molecule has 2 aromatic carbocycles. The molecular formula is C31H34Cl2N6O5. The number of amides is 4. The van der Waals surface area contributed by atoms with Crippen LogP contribution in [0.5, 0.6) is 0 Å². The zero-order valence-electron chi connectivity index (χ0n) is 24.5. The monoisotopic (exact) mass is 640 g/mol. The van der Waals surface area contributed by atoms with Gasteiger partial charge in [-0.25, -0.2) is 9.59 Å². The summed E-state index contributed by atoms with van der Waals surface area (Å²) < 4.78 is 2.23. The van der Waals surface area contributed by atoms with Gasteiger partial charge in [0.05, 0.1) is 21.7 Å². The van der Waals surface area contributed by atoms with Crippen molar-refractivity contribution in [2.24, 2.45) is 0 Å². The minimum atomic E-state index is -0.709. The van der Waals surface area contributed by atoms with Gasteiger partial charge in [0.25, 0.3) is 5.56 Å². The van der Waals surface area contributed by atoms with E-state index in [1.807, 2.05) is 29.2 Å². The molecule has 2 aliphatic heterocycles. The van der Waals surface area contributed by atoms with Gasteiger partial charge in [0, 0.05) is 56.6 Å². The molecule has 11 nitrogen and oxygen atoms in total. The van der Waals surface area contributed by atoms with Gasteiger partial charge in [-0.15, -0.1) is 0 Å². The van der Waals surface area contributed by atoms with E-state index < -0.39 is 17.3 Å². The second-order valence-corrected chi connectivity index (χ2v) is 11.9. The summed E-state index contributed by atoms with van der Waals surface area (Å²) in [5.41, 5.74) is 1.05. The molecule has 0 bridgehead atoms. The number of nitrogens with one attached hydrogen (secondary N) is 2. The van der Waals surface area contributed by atoms with Crippen LogP contribution in [0.4, 0.5) is 10.5 Å². The molecule has 2 N–H and O–H groups in total. The Bertz CT molecular complexity index is 1710. The van der Waals surface area contributed by atoms with Crippen molar-refractivity contribution >= 4 is 46.7 Å². The normalized spacial score (nSPS) is 16.1. The minimum Gasteiger partial charge on any atom is -0.354 e. The van der Waals surface area contributed by atoms with E-state index in [9.17, 15) is 24.0 Å². The summed E-state index contributed by atoms with van der Waals surface area (Å²) in [6.45, 7) is 4.13. The number of piperidine rings is 1. The zero-order chi connectivity index (χ0) is 31.5. The van der Waals surface area contributed by atoms with Crippen LogP contribution >= 0.6 is 23.2 Å². The molecule has 1 fully saturated rings. The number of para-hydroxylation sites is 1. The molecule has 4 amide bonds. The molecule has 2 aliphatic rings. The van der Waals surface area contributed by atoms with E-state index in [2.05, 4.69) is 10.6 Å². The van der Waals surface area contributed by atoms with Gasteiger partial charge in [0.1, 0.15) is 6.54 Å². The number of nitrogens with zero attached hydrogens (tertiary/aromatic N) is 4. The van der Waals surface area contributed by atoms with Crippen molar-refractivity contribution in [3.63, 3.8) is 0 Å². The molecule has 13 heteroatoms. The summed E-state index contributed by atoms with van der Waals surface area (Å²) in [5.74, 6) is -0.596. The van der Waals surface area contributed by atoms with Crippen molar-refractivity contribution < 1.29 is 14.4 Å². The maximum Gasteiger partial charge on any atom is 0.331 e. The molecule has 1 saturated heterocycles. The van der Waals surface area contributed by atoms with Crippen LogP contribution in [-0.4, -0.2) is 69.0 Å². The van der Waals surface area contributed by atoms with Gasteiger partial charge in [-0.05, 0) is 43.9 Å². The topological polar surface area (TPSA) is 126 Å². The molecule has 1 atom stereocenters. The SMILES string of the molecule is CC(=O)NCC(C)n1c(=O)c(-c2cccc(Cl)c2Cl)cn(CC(=O)N2CCC(N3CCc4ccccc4NC3=O)CC2)c1=O. The van der Waals surface area contributed by atoms with E-state index in [0.717, 1.165) is 22.2 Å². The van der Waals surface area contributed by atoms with Crippen molar-refractivity contribution in [3.8, 4) is 11.1 Å². The maximum atomic E-state index is 13.6. The first kappa shape index (κ1) is 31.3. The van der Waals surface area contributed by atoms with Crippen LogP contribution in [0, 0.1) is 0 Å². The second-order valence-electron chi connectivity index (χ2n) is 11.2. The Morgan fingerprint density at radius 1 is 1.00 bits per heavy atom. The summed E-state index contributed by atoms with van der Waals surface area (Å²) in [6.07, 6.45) is 3.28. The number of halogens is 2. The average molecular weight is 642 g/mol. The average Bonchev–Trinajstić information content (AvgIpc) is 3.17. The summed E-state index contributed by atoms with van der Waals surface area (Å²) in [6, 6.07) is 11.7. The molecule has 232 valence electrons. The molecule has 44 heavy (non-hydrogen) atoms. The summed E-state index contributed by atoms with van der Waals surface area (Å²) in [7, 11) is 0. The molecule has 3 aromatic rings. The van der Waals surface area contributed by atoms with E-state index in [1.54, 1.807) is 30.0 Å². The third-order valence-corrected chi connectivity index (χ3v) is 9.04. The van der Waals surface area contributed by atoms with E-state index in [1.165, 1.54) is 17.7 Å². The first-order valence-corrected chi connectivity index (χ1v) is 15.3. The maximum absolute atomic E-state index is 13.6. The Morgan fingerprint density at radius 3 is 2.45 bits per heavy atom. The van der Waals surface area contributed by atoms with Crippen molar-refractivity contribution in [2.45, 2.75) is 51.7 Å². The standard InChI is InChI=1S/C31H34Cl2N6O5/c1-19(16-34-20(2)40)39-29(42)24(23-7-5-8-25(32)28(23)33)17-37(31(39)44)18-27(41)36-13-11-22(12-14-36)38-15-10-21-6-3-4-9-26(21)35-30(38)43/h3-9,17,19,22H,10-16,18H2,1-2H3,(H,34,40)(H,35,43). The van der Waals surface area contributed by atoms with Crippen molar-refractivity contribution in [2.75, 3.05) is 31.5 Å². The molecule has 0 aliphatic carbocycles. The fourth-order valence-corrected chi connectivity index (χ4v) is 6.22. The highest BCUT2D eigenvalue weighted by molar-refractivity contribution is 6.43. The molecule has 5 rings (SSSR count). The van der Waals surface area contributed by atoms with Gasteiger partial charge < -0.3 is 20.4 Å². The van der Waals surface area contributed by atoms with E-state index in [-0.39, 0.29) is 52.6 Å². The Labute approximate surface area is 264 Å². The smallest absolute Gasteiger partial charge is 0.331 e. The highest BCUT2D eigenvalue weighted by Crippen LogP contribution is 2.32. The van der Waals surface area contributed by atoms with Gasteiger partial charge in [0.2, 0.25) is 11.8 Å². The predicted molar refractivity (Wildman–Crippen MR) is 169 cm³/mol. The van der Waals surface area contributed by atoms with Crippen LogP contribution in [0.15, 0.2) is 58.3 Å². The van der Waals surface area contributed by atoms with Crippen molar-refractivity contribution in [1.82, 2.24) is 24.3 Å². The number of fused-ring (bicyclic) bond motifs is 1. The fourth-order valence-electron chi connectivity index (χ4n) is 5.81.